The number of fused-ring (bicyclic) bond motifs is 5. The van der Waals surface area contributed by atoms with Crippen LogP contribution in [0.4, 0.5) is 0 Å². The van der Waals surface area contributed by atoms with E-state index in [1.807, 2.05) is 6.92 Å². The fraction of sp³-hybridized carbons (Fsp3) is 0.667. The van der Waals surface area contributed by atoms with E-state index in [2.05, 4.69) is 0 Å². The monoisotopic (exact) mass is 374 g/mol. The molecule has 3 saturated carbocycles. The largest absolute Gasteiger partial charge is 0.389 e. The van der Waals surface area contributed by atoms with Crippen molar-refractivity contribution in [2.24, 2.45) is 28.6 Å². The van der Waals surface area contributed by atoms with Gasteiger partial charge in [-0.3, -0.25) is 14.4 Å². The molecule has 6 nitrogen and oxygen atoms in total. The standard InChI is InChI=1S/C21H26O6/c1-19-5-3-11(23)7-14(19)15(24)8-12-13-4-6-21(27,17(26)10-22)20(13,2)9-16(25)18(12)19/h3,5,7,12-13,15,18,22,24,27H,4,6,8-10H2,1-2H3/t12-,13-,15+,18+,19?,20-,21-/m0/s1. The zero-order chi connectivity index (χ0) is 19.8. The highest BCUT2D eigenvalue weighted by molar-refractivity contribution is 6.02. The fourth-order valence-electron chi connectivity index (χ4n) is 6.68. The molecule has 6 heteroatoms. The van der Waals surface area contributed by atoms with Crippen LogP contribution in [0.2, 0.25) is 0 Å². The van der Waals surface area contributed by atoms with Gasteiger partial charge < -0.3 is 15.3 Å². The lowest BCUT2D eigenvalue weighted by Crippen LogP contribution is -2.61. The molecule has 27 heavy (non-hydrogen) atoms. The summed E-state index contributed by atoms with van der Waals surface area (Å²) in [4.78, 5) is 37.5. The molecule has 1 unspecified atom stereocenters. The number of carbonyl (C=O) groups excluding carboxylic acids is 3. The second-order valence-electron chi connectivity index (χ2n) is 9.16. The number of ketones is 3. The quantitative estimate of drug-likeness (QED) is 0.657. The van der Waals surface area contributed by atoms with Crippen LogP contribution >= 0.6 is 0 Å². The minimum Gasteiger partial charge on any atom is -0.389 e. The van der Waals surface area contributed by atoms with Crippen molar-refractivity contribution in [2.45, 2.75) is 51.2 Å². The van der Waals surface area contributed by atoms with E-state index < -0.39 is 34.9 Å². The molecule has 0 heterocycles. The van der Waals surface area contributed by atoms with Gasteiger partial charge in [-0.1, -0.05) is 19.9 Å². The van der Waals surface area contributed by atoms with E-state index in [1.165, 1.54) is 12.2 Å². The van der Waals surface area contributed by atoms with Gasteiger partial charge in [0.1, 0.15) is 18.0 Å². The highest BCUT2D eigenvalue weighted by atomic mass is 16.3. The molecule has 146 valence electrons. The van der Waals surface area contributed by atoms with Crippen LogP contribution in [-0.4, -0.2) is 51.0 Å². The van der Waals surface area contributed by atoms with Crippen LogP contribution in [0.15, 0.2) is 23.8 Å². The average molecular weight is 374 g/mol. The summed E-state index contributed by atoms with van der Waals surface area (Å²) < 4.78 is 0. The molecule has 0 bridgehead atoms. The number of carbonyl (C=O) groups is 3. The van der Waals surface area contributed by atoms with Gasteiger partial charge in [-0.2, -0.15) is 0 Å². The molecule has 0 spiro atoms. The van der Waals surface area contributed by atoms with Gasteiger partial charge >= 0.3 is 0 Å². The van der Waals surface area contributed by atoms with Gasteiger partial charge in [0.2, 0.25) is 0 Å². The van der Waals surface area contributed by atoms with Gasteiger partial charge in [-0.05, 0) is 48.8 Å². The third kappa shape index (κ3) is 2.20. The van der Waals surface area contributed by atoms with Gasteiger partial charge in [-0.15, -0.1) is 0 Å². The zero-order valence-corrected chi connectivity index (χ0v) is 15.6. The molecule has 4 aliphatic carbocycles. The topological polar surface area (TPSA) is 112 Å². The summed E-state index contributed by atoms with van der Waals surface area (Å²) in [5.41, 5.74) is -2.80. The predicted molar refractivity (Wildman–Crippen MR) is 95.4 cm³/mol. The van der Waals surface area contributed by atoms with Gasteiger partial charge in [0.25, 0.3) is 0 Å². The Morgan fingerprint density at radius 2 is 2.00 bits per heavy atom. The third-order valence-electron chi connectivity index (χ3n) is 8.03. The first-order valence-corrected chi connectivity index (χ1v) is 9.61. The zero-order valence-electron chi connectivity index (χ0n) is 15.6. The molecule has 0 aliphatic heterocycles. The Morgan fingerprint density at radius 3 is 2.67 bits per heavy atom. The van der Waals surface area contributed by atoms with Crippen molar-refractivity contribution in [1.29, 1.82) is 0 Å². The molecule has 3 N–H and O–H groups in total. The fourth-order valence-corrected chi connectivity index (χ4v) is 6.68. The van der Waals surface area contributed by atoms with Crippen LogP contribution in [0.25, 0.3) is 0 Å². The number of hydrogen-bond acceptors (Lipinski definition) is 6. The Morgan fingerprint density at radius 1 is 1.30 bits per heavy atom. The normalized spacial score (nSPS) is 48.6. The Bertz CT molecular complexity index is 796. The molecule has 0 aromatic heterocycles. The first-order chi connectivity index (χ1) is 12.6. The summed E-state index contributed by atoms with van der Waals surface area (Å²) in [6.07, 6.45) is 4.99. The van der Waals surface area contributed by atoms with E-state index in [0.29, 0.717) is 18.4 Å². The molecule has 0 amide bonds. The Labute approximate surface area is 158 Å². The lowest BCUT2D eigenvalue weighted by Gasteiger charge is -2.57. The number of Topliss-reactive ketones (excluding diaryl/α,β-unsaturated/α-hetero) is 2. The summed E-state index contributed by atoms with van der Waals surface area (Å²) in [5.74, 6) is -1.56. The number of aliphatic hydroxyl groups is 3. The second kappa shape index (κ2) is 5.69. The molecule has 0 aromatic carbocycles. The van der Waals surface area contributed by atoms with E-state index in [0.717, 1.165) is 0 Å². The van der Waals surface area contributed by atoms with E-state index in [4.69, 9.17) is 0 Å². The molecule has 0 aromatic rings. The van der Waals surface area contributed by atoms with Crippen LogP contribution in [-0.2, 0) is 14.4 Å². The Balaban J connectivity index is 1.79. The van der Waals surface area contributed by atoms with Gasteiger partial charge in [0.05, 0.1) is 6.10 Å². The lowest BCUT2D eigenvalue weighted by atomic mass is 9.46. The van der Waals surface area contributed by atoms with Crippen molar-refractivity contribution < 1.29 is 29.7 Å². The minimum atomic E-state index is -1.71. The van der Waals surface area contributed by atoms with Crippen molar-refractivity contribution in [3.05, 3.63) is 23.8 Å². The molecule has 0 saturated heterocycles. The van der Waals surface area contributed by atoms with Crippen molar-refractivity contribution in [2.75, 3.05) is 6.61 Å². The molecular weight excluding hydrogens is 348 g/mol. The van der Waals surface area contributed by atoms with Gasteiger partial charge in [0.15, 0.2) is 11.6 Å². The molecule has 4 rings (SSSR count). The maximum atomic E-state index is 13.3. The number of rotatable bonds is 2. The van der Waals surface area contributed by atoms with Crippen molar-refractivity contribution in [3.63, 3.8) is 0 Å². The minimum absolute atomic E-state index is 0.0517. The Kier molecular flexibility index (Phi) is 3.94. The molecule has 7 atom stereocenters. The number of aliphatic hydroxyl groups excluding tert-OH is 2. The van der Waals surface area contributed by atoms with E-state index in [1.54, 1.807) is 13.0 Å². The third-order valence-corrected chi connectivity index (χ3v) is 8.03. The summed E-state index contributed by atoms with van der Waals surface area (Å²) in [5, 5.41) is 31.2. The van der Waals surface area contributed by atoms with Crippen LogP contribution in [0.1, 0.15) is 39.5 Å². The van der Waals surface area contributed by atoms with E-state index in [-0.39, 0.29) is 42.2 Å². The average Bonchev–Trinajstić information content (AvgIpc) is 2.87. The highest BCUT2D eigenvalue weighted by Gasteiger charge is 2.68. The highest BCUT2D eigenvalue weighted by Crippen LogP contribution is 2.66. The van der Waals surface area contributed by atoms with Crippen LogP contribution in [0.3, 0.4) is 0 Å². The smallest absolute Gasteiger partial charge is 0.190 e. The van der Waals surface area contributed by atoms with Crippen molar-refractivity contribution in [3.8, 4) is 0 Å². The maximum Gasteiger partial charge on any atom is 0.190 e. The summed E-state index contributed by atoms with van der Waals surface area (Å²) >= 11 is 0. The molecule has 4 aliphatic rings. The summed E-state index contributed by atoms with van der Waals surface area (Å²) in [6, 6.07) is 0. The van der Waals surface area contributed by atoms with Crippen molar-refractivity contribution >= 4 is 17.3 Å². The van der Waals surface area contributed by atoms with E-state index >= 15 is 0 Å². The van der Waals surface area contributed by atoms with Crippen LogP contribution in [0.5, 0.6) is 0 Å². The SMILES string of the molecule is CC12C=CC(=O)C=C1[C@H](O)C[C@@H]1[C@@H]2C(=O)C[C@@]2(C)[C@H]1CC[C@]2(O)C(=O)CO. The second-order valence-corrected chi connectivity index (χ2v) is 9.16. The van der Waals surface area contributed by atoms with Gasteiger partial charge in [0, 0.05) is 23.2 Å². The number of hydrogen-bond donors (Lipinski definition) is 3. The maximum absolute atomic E-state index is 13.3. The molecule has 0 radical (unpaired) electrons. The first kappa shape index (κ1) is 18.7. The van der Waals surface area contributed by atoms with E-state index in [9.17, 15) is 29.7 Å². The summed E-state index contributed by atoms with van der Waals surface area (Å²) in [7, 11) is 0. The van der Waals surface area contributed by atoms with Gasteiger partial charge in [-0.25, -0.2) is 0 Å². The summed E-state index contributed by atoms with van der Waals surface area (Å²) in [6.45, 7) is 2.91. The van der Waals surface area contributed by atoms with Crippen LogP contribution < -0.4 is 0 Å². The lowest BCUT2D eigenvalue weighted by molar-refractivity contribution is -0.170. The number of allylic oxidation sites excluding steroid dienone is 3. The first-order valence-electron chi connectivity index (χ1n) is 9.61. The Hall–Kier alpha value is -1.63. The molecular formula is C21H26O6. The molecule has 3 fully saturated rings. The van der Waals surface area contributed by atoms with Crippen LogP contribution in [0, 0.1) is 28.6 Å². The predicted octanol–water partition coefficient (Wildman–Crippen LogP) is 0.737. The van der Waals surface area contributed by atoms with Crippen molar-refractivity contribution in [1.82, 2.24) is 0 Å².